The molecule has 110 valence electrons. The fourth-order valence-electron chi connectivity index (χ4n) is 5.26. The molecule has 4 aliphatic rings. The maximum Gasteiger partial charge on any atom is 0.257 e. The molecule has 4 saturated carbocycles. The molecule has 0 radical (unpaired) electrons. The Morgan fingerprint density at radius 1 is 1.25 bits per heavy atom. The van der Waals surface area contributed by atoms with Crippen LogP contribution < -0.4 is 5.73 Å². The number of nitrogens with zero attached hydrogens (tertiary/aromatic N) is 2. The van der Waals surface area contributed by atoms with E-state index >= 15 is 0 Å². The average molecular weight is 277 g/mol. The van der Waals surface area contributed by atoms with Gasteiger partial charge in [0.1, 0.15) is 6.10 Å². The monoisotopic (exact) mass is 277 g/mol. The van der Waals surface area contributed by atoms with Crippen molar-refractivity contribution in [1.82, 2.24) is 10.1 Å². The van der Waals surface area contributed by atoms with Gasteiger partial charge in [-0.1, -0.05) is 5.16 Å². The van der Waals surface area contributed by atoms with Crippen LogP contribution in [0.5, 0.6) is 0 Å². The van der Waals surface area contributed by atoms with Crippen molar-refractivity contribution < 1.29 is 9.26 Å². The Morgan fingerprint density at radius 3 is 2.35 bits per heavy atom. The summed E-state index contributed by atoms with van der Waals surface area (Å²) in [5, 5.41) is 4.30. The Hall–Kier alpha value is -0.940. The third-order valence-electron chi connectivity index (χ3n) is 5.73. The summed E-state index contributed by atoms with van der Waals surface area (Å²) in [4.78, 5) is 4.66. The van der Waals surface area contributed by atoms with Gasteiger partial charge in [0.2, 0.25) is 0 Å². The number of hydrogen-bond donors (Lipinski definition) is 1. The minimum Gasteiger partial charge on any atom is -0.370 e. The van der Waals surface area contributed by atoms with Gasteiger partial charge < -0.3 is 15.0 Å². The predicted molar refractivity (Wildman–Crippen MR) is 73.0 cm³/mol. The molecule has 0 saturated heterocycles. The molecule has 1 atom stereocenters. The van der Waals surface area contributed by atoms with Crippen LogP contribution in [0.25, 0.3) is 0 Å². The van der Waals surface area contributed by atoms with Crippen molar-refractivity contribution in [1.29, 1.82) is 0 Å². The van der Waals surface area contributed by atoms with Crippen LogP contribution in [0.4, 0.5) is 0 Å². The number of methoxy groups -OCH3 is 1. The summed E-state index contributed by atoms with van der Waals surface area (Å²) in [6.07, 6.45) is 7.74. The fourth-order valence-corrected chi connectivity index (χ4v) is 5.26. The smallest absolute Gasteiger partial charge is 0.257 e. The Labute approximate surface area is 119 Å². The molecule has 2 N–H and O–H groups in total. The van der Waals surface area contributed by atoms with Crippen molar-refractivity contribution in [3.8, 4) is 0 Å². The molecule has 5 heteroatoms. The molecule has 4 fully saturated rings. The molecule has 4 bridgehead atoms. The zero-order valence-electron chi connectivity index (χ0n) is 12.0. The molecule has 1 aromatic heterocycles. The third kappa shape index (κ3) is 1.83. The maximum absolute atomic E-state index is 5.68. The summed E-state index contributed by atoms with van der Waals surface area (Å²) in [5.41, 5.74) is 5.86. The van der Waals surface area contributed by atoms with E-state index in [0.29, 0.717) is 12.4 Å². The molecule has 20 heavy (non-hydrogen) atoms. The van der Waals surface area contributed by atoms with E-state index in [2.05, 4.69) is 10.1 Å². The first-order valence-corrected chi connectivity index (χ1v) is 7.79. The van der Waals surface area contributed by atoms with Crippen LogP contribution in [0.15, 0.2) is 4.52 Å². The fraction of sp³-hybridized carbons (Fsp3) is 0.867. The minimum atomic E-state index is -0.273. The molecule has 1 aromatic rings. The third-order valence-corrected chi connectivity index (χ3v) is 5.73. The van der Waals surface area contributed by atoms with Crippen LogP contribution in [-0.4, -0.2) is 23.8 Å². The Morgan fingerprint density at radius 2 is 1.85 bits per heavy atom. The predicted octanol–water partition coefficient (Wildman–Crippen LogP) is 2.18. The van der Waals surface area contributed by atoms with Crippen LogP contribution in [0, 0.1) is 17.8 Å². The van der Waals surface area contributed by atoms with Crippen LogP contribution in [0.3, 0.4) is 0 Å². The lowest BCUT2D eigenvalue weighted by atomic mass is 9.49. The molecule has 5 nitrogen and oxygen atoms in total. The first kappa shape index (κ1) is 12.8. The number of rotatable bonds is 4. The van der Waals surface area contributed by atoms with E-state index in [1.54, 1.807) is 7.11 Å². The number of nitrogens with two attached hydrogens (primary N) is 1. The molecule has 0 amide bonds. The van der Waals surface area contributed by atoms with Gasteiger partial charge in [-0.15, -0.1) is 0 Å². The van der Waals surface area contributed by atoms with Crippen LogP contribution in [0.1, 0.15) is 56.3 Å². The SMILES string of the molecule is COC(CN)c1nc(C23CC4CC(CC(C4)C2)C3)no1. The van der Waals surface area contributed by atoms with E-state index in [1.807, 2.05) is 0 Å². The van der Waals surface area contributed by atoms with E-state index in [0.717, 1.165) is 23.6 Å². The van der Waals surface area contributed by atoms with Gasteiger partial charge in [-0.25, -0.2) is 0 Å². The van der Waals surface area contributed by atoms with Gasteiger partial charge >= 0.3 is 0 Å². The van der Waals surface area contributed by atoms with E-state index in [9.17, 15) is 0 Å². The topological polar surface area (TPSA) is 74.2 Å². The normalized spacial score (nSPS) is 40.2. The van der Waals surface area contributed by atoms with Gasteiger partial charge in [-0.3, -0.25) is 0 Å². The summed E-state index contributed by atoms with van der Waals surface area (Å²) in [6.45, 7) is 0.374. The lowest BCUT2D eigenvalue weighted by molar-refractivity contribution is -0.0103. The molecule has 4 aliphatic carbocycles. The first-order valence-electron chi connectivity index (χ1n) is 7.79. The number of aromatic nitrogens is 2. The molecular formula is C15H23N3O2. The average Bonchev–Trinajstić information content (AvgIpc) is 2.89. The van der Waals surface area contributed by atoms with Crippen LogP contribution in [-0.2, 0) is 10.2 Å². The minimum absolute atomic E-state index is 0.184. The van der Waals surface area contributed by atoms with Gasteiger partial charge in [0.15, 0.2) is 5.82 Å². The van der Waals surface area contributed by atoms with Crippen molar-refractivity contribution in [2.45, 2.75) is 50.0 Å². The molecule has 0 aromatic carbocycles. The van der Waals surface area contributed by atoms with Crippen LogP contribution >= 0.6 is 0 Å². The Kier molecular flexibility index (Phi) is 2.89. The second-order valence-corrected chi connectivity index (χ2v) is 7.11. The van der Waals surface area contributed by atoms with Crippen molar-refractivity contribution in [3.63, 3.8) is 0 Å². The highest BCUT2D eigenvalue weighted by Crippen LogP contribution is 2.60. The van der Waals surface area contributed by atoms with Gasteiger partial charge in [0, 0.05) is 19.1 Å². The molecule has 1 heterocycles. The Bertz CT molecular complexity index is 460. The van der Waals surface area contributed by atoms with Crippen LogP contribution in [0.2, 0.25) is 0 Å². The zero-order chi connectivity index (χ0) is 13.7. The highest BCUT2D eigenvalue weighted by Gasteiger charge is 2.53. The van der Waals surface area contributed by atoms with Gasteiger partial charge in [-0.05, 0) is 56.3 Å². The highest BCUT2D eigenvalue weighted by atomic mass is 16.5. The molecule has 0 spiro atoms. The number of hydrogen-bond acceptors (Lipinski definition) is 5. The molecular weight excluding hydrogens is 254 g/mol. The number of ether oxygens (including phenoxy) is 1. The summed E-state index contributed by atoms with van der Waals surface area (Å²) in [5.74, 6) is 4.12. The van der Waals surface area contributed by atoms with Gasteiger partial charge in [0.05, 0.1) is 0 Å². The van der Waals surface area contributed by atoms with Crippen molar-refractivity contribution in [3.05, 3.63) is 11.7 Å². The first-order chi connectivity index (χ1) is 9.72. The van der Waals surface area contributed by atoms with Crippen molar-refractivity contribution in [2.24, 2.45) is 23.5 Å². The second kappa shape index (κ2) is 4.53. The van der Waals surface area contributed by atoms with Gasteiger partial charge in [-0.2, -0.15) is 4.98 Å². The molecule has 1 unspecified atom stereocenters. The summed E-state index contributed by atoms with van der Waals surface area (Å²) in [6, 6.07) is 0. The summed E-state index contributed by atoms with van der Waals surface area (Å²) in [7, 11) is 1.63. The standard InChI is InChI=1S/C15H23N3O2/c1-19-12(8-16)13-17-14(18-20-13)15-5-9-2-10(6-15)4-11(3-9)7-15/h9-12H,2-8,16H2,1H3. The van der Waals surface area contributed by atoms with E-state index < -0.39 is 0 Å². The lowest BCUT2D eigenvalue weighted by Crippen LogP contribution is -2.49. The maximum atomic E-state index is 5.68. The van der Waals surface area contributed by atoms with E-state index in [4.69, 9.17) is 15.0 Å². The summed E-state index contributed by atoms with van der Waals surface area (Å²) >= 11 is 0. The summed E-state index contributed by atoms with van der Waals surface area (Å²) < 4.78 is 10.7. The zero-order valence-corrected chi connectivity index (χ0v) is 12.0. The van der Waals surface area contributed by atoms with E-state index in [-0.39, 0.29) is 11.5 Å². The van der Waals surface area contributed by atoms with Crippen molar-refractivity contribution >= 4 is 0 Å². The highest BCUT2D eigenvalue weighted by molar-refractivity contribution is 5.16. The van der Waals surface area contributed by atoms with Gasteiger partial charge in [0.25, 0.3) is 5.89 Å². The second-order valence-electron chi connectivity index (χ2n) is 7.11. The lowest BCUT2D eigenvalue weighted by Gasteiger charge is -2.55. The molecule has 0 aliphatic heterocycles. The Balaban J connectivity index is 1.64. The largest absolute Gasteiger partial charge is 0.370 e. The van der Waals surface area contributed by atoms with Crippen molar-refractivity contribution in [2.75, 3.05) is 13.7 Å². The quantitative estimate of drug-likeness (QED) is 0.913. The van der Waals surface area contributed by atoms with E-state index in [1.165, 1.54) is 38.5 Å². The molecule has 5 rings (SSSR count).